The molecule has 0 saturated carbocycles. The van der Waals surface area contributed by atoms with Crippen LogP contribution in [0.25, 0.3) is 22.2 Å². The molecule has 0 aliphatic rings. The molecule has 0 unspecified atom stereocenters. The van der Waals surface area contributed by atoms with Gasteiger partial charge in [-0.1, -0.05) is 0 Å². The standard InChI is InChI=1S/C14H7BrFNO2S/c15-10-3-8-9(14(18)19)4-12(7-1-2-20-6-7)17-13(8)5-11(10)16/h1-6H,(H,18,19). The monoisotopic (exact) mass is 351 g/mol. The smallest absolute Gasteiger partial charge is 0.336 e. The maximum atomic E-state index is 13.6. The molecule has 1 N–H and O–H groups in total. The number of carbonyl (C=O) groups is 1. The van der Waals surface area contributed by atoms with Crippen LogP contribution in [-0.2, 0) is 0 Å². The summed E-state index contributed by atoms with van der Waals surface area (Å²) in [5.41, 5.74) is 1.78. The highest BCUT2D eigenvalue weighted by molar-refractivity contribution is 9.10. The summed E-state index contributed by atoms with van der Waals surface area (Å²) in [6, 6.07) is 6.04. The van der Waals surface area contributed by atoms with E-state index in [1.54, 1.807) is 0 Å². The Labute approximate surface area is 125 Å². The summed E-state index contributed by atoms with van der Waals surface area (Å²) in [5.74, 6) is -1.53. The van der Waals surface area contributed by atoms with Gasteiger partial charge in [0.15, 0.2) is 0 Å². The average Bonchev–Trinajstić information content (AvgIpc) is 2.92. The molecule has 100 valence electrons. The molecule has 0 aliphatic heterocycles. The SMILES string of the molecule is O=C(O)c1cc(-c2ccsc2)nc2cc(F)c(Br)cc12. The number of fused-ring (bicyclic) bond motifs is 1. The van der Waals surface area contributed by atoms with E-state index < -0.39 is 11.8 Å². The van der Waals surface area contributed by atoms with Crippen molar-refractivity contribution in [3.05, 3.63) is 50.9 Å². The molecule has 2 heterocycles. The molecule has 3 aromatic rings. The number of aromatic carboxylic acids is 1. The molecule has 3 nitrogen and oxygen atoms in total. The van der Waals surface area contributed by atoms with Crippen LogP contribution >= 0.6 is 27.3 Å². The van der Waals surface area contributed by atoms with Crippen LogP contribution < -0.4 is 0 Å². The van der Waals surface area contributed by atoms with E-state index in [0.717, 1.165) is 5.56 Å². The van der Waals surface area contributed by atoms with E-state index in [1.165, 1.54) is 29.5 Å². The molecule has 0 amide bonds. The number of benzene rings is 1. The van der Waals surface area contributed by atoms with Gasteiger partial charge in [0, 0.05) is 22.4 Å². The van der Waals surface area contributed by atoms with Crippen molar-refractivity contribution in [1.29, 1.82) is 0 Å². The quantitative estimate of drug-likeness (QED) is 0.735. The van der Waals surface area contributed by atoms with E-state index in [4.69, 9.17) is 0 Å². The summed E-state index contributed by atoms with van der Waals surface area (Å²) in [6.45, 7) is 0. The van der Waals surface area contributed by atoms with Gasteiger partial charge in [-0.3, -0.25) is 0 Å². The van der Waals surface area contributed by atoms with Crippen LogP contribution in [0.3, 0.4) is 0 Å². The van der Waals surface area contributed by atoms with Gasteiger partial charge < -0.3 is 5.11 Å². The zero-order valence-corrected chi connectivity index (χ0v) is 12.3. The van der Waals surface area contributed by atoms with Crippen LogP contribution in [-0.4, -0.2) is 16.1 Å². The largest absolute Gasteiger partial charge is 0.478 e. The number of thiophene rings is 1. The predicted octanol–water partition coefficient (Wildman–Crippen LogP) is 4.56. The third-order valence-electron chi connectivity index (χ3n) is 2.90. The average molecular weight is 352 g/mol. The summed E-state index contributed by atoms with van der Waals surface area (Å²) in [6.07, 6.45) is 0. The van der Waals surface area contributed by atoms with Crippen LogP contribution in [0.5, 0.6) is 0 Å². The Morgan fingerprint density at radius 1 is 1.35 bits per heavy atom. The maximum Gasteiger partial charge on any atom is 0.336 e. The van der Waals surface area contributed by atoms with Gasteiger partial charge in [-0.15, -0.1) is 0 Å². The topological polar surface area (TPSA) is 50.2 Å². The summed E-state index contributed by atoms with van der Waals surface area (Å²) >= 11 is 4.55. The van der Waals surface area contributed by atoms with Gasteiger partial charge in [0.05, 0.1) is 21.2 Å². The summed E-state index contributed by atoms with van der Waals surface area (Å²) in [4.78, 5) is 15.7. The molecule has 6 heteroatoms. The number of carboxylic acid groups (broad SMARTS) is 1. The lowest BCUT2D eigenvalue weighted by Gasteiger charge is -2.07. The van der Waals surface area contributed by atoms with Crippen LogP contribution in [0.2, 0.25) is 0 Å². The van der Waals surface area contributed by atoms with Gasteiger partial charge in [0.1, 0.15) is 5.82 Å². The number of carboxylic acids is 1. The minimum Gasteiger partial charge on any atom is -0.478 e. The first-order chi connectivity index (χ1) is 9.56. The highest BCUT2D eigenvalue weighted by Gasteiger charge is 2.15. The first kappa shape index (κ1) is 13.2. The number of hydrogen-bond acceptors (Lipinski definition) is 3. The minimum atomic E-state index is -1.06. The first-order valence-corrected chi connectivity index (χ1v) is 7.35. The molecule has 2 aromatic heterocycles. The van der Waals surface area contributed by atoms with Gasteiger partial charge in [0.25, 0.3) is 0 Å². The second-order valence-corrected chi connectivity index (χ2v) is 5.79. The normalized spacial score (nSPS) is 10.9. The molecule has 20 heavy (non-hydrogen) atoms. The van der Waals surface area contributed by atoms with Crippen molar-refractivity contribution < 1.29 is 14.3 Å². The summed E-state index contributed by atoms with van der Waals surface area (Å²) < 4.78 is 13.8. The molecule has 0 bridgehead atoms. The highest BCUT2D eigenvalue weighted by Crippen LogP contribution is 2.29. The van der Waals surface area contributed by atoms with Gasteiger partial charge in [-0.25, -0.2) is 14.2 Å². The first-order valence-electron chi connectivity index (χ1n) is 5.62. The number of pyridine rings is 1. The number of rotatable bonds is 2. The van der Waals surface area contributed by atoms with Gasteiger partial charge >= 0.3 is 5.97 Å². The number of hydrogen-bond donors (Lipinski definition) is 1. The molecule has 0 saturated heterocycles. The summed E-state index contributed by atoms with van der Waals surface area (Å²) in [7, 11) is 0. The van der Waals surface area contributed by atoms with Crippen LogP contribution in [0.15, 0.2) is 39.5 Å². The fourth-order valence-electron chi connectivity index (χ4n) is 1.96. The fourth-order valence-corrected chi connectivity index (χ4v) is 2.95. The van der Waals surface area contributed by atoms with E-state index in [1.807, 2.05) is 16.8 Å². The zero-order chi connectivity index (χ0) is 14.3. The molecular weight excluding hydrogens is 345 g/mol. The Morgan fingerprint density at radius 3 is 2.80 bits per heavy atom. The third kappa shape index (κ3) is 2.21. The molecule has 3 rings (SSSR count). The Hall–Kier alpha value is -1.79. The molecule has 1 aromatic carbocycles. The Bertz CT molecular complexity index is 818. The number of nitrogens with zero attached hydrogens (tertiary/aromatic N) is 1. The van der Waals surface area contributed by atoms with Gasteiger partial charge in [-0.05, 0) is 39.5 Å². The maximum absolute atomic E-state index is 13.6. The number of halogens is 2. The minimum absolute atomic E-state index is 0.108. The van der Waals surface area contributed by atoms with E-state index in [0.29, 0.717) is 16.6 Å². The van der Waals surface area contributed by atoms with E-state index in [9.17, 15) is 14.3 Å². The molecular formula is C14H7BrFNO2S. The van der Waals surface area contributed by atoms with Crippen molar-refractivity contribution in [3.63, 3.8) is 0 Å². The fraction of sp³-hybridized carbons (Fsp3) is 0. The van der Waals surface area contributed by atoms with Crippen molar-refractivity contribution in [1.82, 2.24) is 4.98 Å². The molecule has 0 radical (unpaired) electrons. The Kier molecular flexibility index (Phi) is 3.27. The molecule has 0 fully saturated rings. The van der Waals surface area contributed by atoms with Crippen molar-refractivity contribution in [2.24, 2.45) is 0 Å². The van der Waals surface area contributed by atoms with Gasteiger partial charge in [0.2, 0.25) is 0 Å². The Balaban J connectivity index is 2.36. The highest BCUT2D eigenvalue weighted by atomic mass is 79.9. The van der Waals surface area contributed by atoms with Crippen LogP contribution in [0, 0.1) is 5.82 Å². The predicted molar refractivity (Wildman–Crippen MR) is 79.7 cm³/mol. The lowest BCUT2D eigenvalue weighted by molar-refractivity contribution is 0.0699. The molecule has 0 atom stereocenters. The van der Waals surface area contributed by atoms with E-state index >= 15 is 0 Å². The summed E-state index contributed by atoms with van der Waals surface area (Å²) in [5, 5.41) is 13.5. The van der Waals surface area contributed by atoms with E-state index in [-0.39, 0.29) is 10.0 Å². The van der Waals surface area contributed by atoms with Crippen molar-refractivity contribution in [3.8, 4) is 11.3 Å². The Morgan fingerprint density at radius 2 is 2.15 bits per heavy atom. The van der Waals surface area contributed by atoms with Crippen molar-refractivity contribution in [2.75, 3.05) is 0 Å². The van der Waals surface area contributed by atoms with Crippen LogP contribution in [0.1, 0.15) is 10.4 Å². The second kappa shape index (κ2) is 4.96. The number of aromatic nitrogens is 1. The lowest BCUT2D eigenvalue weighted by Crippen LogP contribution is -2.00. The third-order valence-corrected chi connectivity index (χ3v) is 4.19. The molecule has 0 spiro atoms. The van der Waals surface area contributed by atoms with Crippen LogP contribution in [0.4, 0.5) is 4.39 Å². The van der Waals surface area contributed by atoms with E-state index in [2.05, 4.69) is 20.9 Å². The zero-order valence-electron chi connectivity index (χ0n) is 9.93. The van der Waals surface area contributed by atoms with Crippen molar-refractivity contribution in [2.45, 2.75) is 0 Å². The van der Waals surface area contributed by atoms with Crippen molar-refractivity contribution >= 4 is 44.1 Å². The second-order valence-electron chi connectivity index (χ2n) is 4.16. The lowest BCUT2D eigenvalue weighted by atomic mass is 10.1. The van der Waals surface area contributed by atoms with Gasteiger partial charge in [-0.2, -0.15) is 11.3 Å². The molecule has 0 aliphatic carbocycles.